The second-order valence-corrected chi connectivity index (χ2v) is 9.63. The lowest BCUT2D eigenvalue weighted by Gasteiger charge is -2.23. The number of nitrogens with one attached hydrogen (secondary N) is 2. The summed E-state index contributed by atoms with van der Waals surface area (Å²) in [5, 5.41) is 2.74. The first-order valence-electron chi connectivity index (χ1n) is 10.5. The van der Waals surface area contributed by atoms with Crippen molar-refractivity contribution in [2.24, 2.45) is 5.92 Å². The highest BCUT2D eigenvalue weighted by Crippen LogP contribution is 2.33. The van der Waals surface area contributed by atoms with Crippen LogP contribution in [0.2, 0.25) is 0 Å². The van der Waals surface area contributed by atoms with E-state index in [1.807, 2.05) is 29.0 Å². The molecule has 0 aliphatic carbocycles. The molecular weight excluding hydrogens is 430 g/mol. The van der Waals surface area contributed by atoms with Gasteiger partial charge in [0.05, 0.1) is 10.8 Å². The smallest absolute Gasteiger partial charge is 0.264 e. The molecule has 3 amide bonds. The quantitative estimate of drug-likeness (QED) is 0.664. The Bertz CT molecular complexity index is 1130. The lowest BCUT2D eigenvalue weighted by molar-refractivity contribution is -0.122. The van der Waals surface area contributed by atoms with E-state index in [4.69, 9.17) is 0 Å². The van der Waals surface area contributed by atoms with E-state index in [1.165, 1.54) is 24.3 Å². The summed E-state index contributed by atoms with van der Waals surface area (Å²) in [5.41, 5.74) is 2.33. The monoisotopic (exact) mass is 457 g/mol. The Balaban J connectivity index is 1.70. The Kier molecular flexibility index (Phi) is 6.98. The summed E-state index contributed by atoms with van der Waals surface area (Å²) in [6, 6.07) is 13.3. The summed E-state index contributed by atoms with van der Waals surface area (Å²) in [7, 11) is -3.94. The molecule has 8 nitrogen and oxygen atoms in total. The van der Waals surface area contributed by atoms with Gasteiger partial charge in [-0.25, -0.2) is 13.1 Å². The maximum absolute atomic E-state index is 12.8. The molecule has 3 rings (SSSR count). The largest absolute Gasteiger partial charge is 0.326 e. The summed E-state index contributed by atoms with van der Waals surface area (Å²) in [6.45, 7) is 5.60. The van der Waals surface area contributed by atoms with Crippen LogP contribution in [0.4, 0.5) is 11.4 Å². The standard InChI is InChI=1S/C23H27N3O5S/c1-4-15(2)20-7-5-6-8-21(20)26-14-17(13-22(26)28)23(29)24-18-9-11-19(12-10-18)32(30,31)25-16(3)27/h5-12,15,17H,4,13-14H2,1-3H3,(H,24,29)(H,25,27). The molecule has 2 unspecified atom stereocenters. The average molecular weight is 458 g/mol. The molecule has 1 aliphatic rings. The highest BCUT2D eigenvalue weighted by atomic mass is 32.2. The molecule has 2 aromatic carbocycles. The lowest BCUT2D eigenvalue weighted by atomic mass is 9.96. The van der Waals surface area contributed by atoms with Crippen molar-refractivity contribution >= 4 is 39.1 Å². The zero-order chi connectivity index (χ0) is 23.5. The summed E-state index contributed by atoms with van der Waals surface area (Å²) in [6.07, 6.45) is 1.05. The molecule has 170 valence electrons. The van der Waals surface area contributed by atoms with Crippen molar-refractivity contribution in [3.63, 3.8) is 0 Å². The Labute approximate surface area is 188 Å². The lowest BCUT2D eigenvalue weighted by Crippen LogP contribution is -2.29. The number of hydrogen-bond donors (Lipinski definition) is 2. The van der Waals surface area contributed by atoms with Gasteiger partial charge in [-0.15, -0.1) is 0 Å². The van der Waals surface area contributed by atoms with E-state index in [2.05, 4.69) is 19.2 Å². The fraction of sp³-hybridized carbons (Fsp3) is 0.348. The Morgan fingerprint density at radius 2 is 1.78 bits per heavy atom. The minimum Gasteiger partial charge on any atom is -0.326 e. The minimum absolute atomic E-state index is 0.0884. The second-order valence-electron chi connectivity index (χ2n) is 7.95. The van der Waals surface area contributed by atoms with Crippen LogP contribution in [-0.2, 0) is 24.4 Å². The molecule has 0 saturated carbocycles. The first kappa shape index (κ1) is 23.5. The van der Waals surface area contributed by atoms with Gasteiger partial charge < -0.3 is 10.2 Å². The van der Waals surface area contributed by atoms with E-state index in [0.29, 0.717) is 11.6 Å². The van der Waals surface area contributed by atoms with Crippen LogP contribution in [0.15, 0.2) is 53.4 Å². The molecule has 1 aliphatic heterocycles. The van der Waals surface area contributed by atoms with E-state index in [9.17, 15) is 22.8 Å². The van der Waals surface area contributed by atoms with Crippen molar-refractivity contribution in [3.8, 4) is 0 Å². The van der Waals surface area contributed by atoms with E-state index in [-0.39, 0.29) is 29.7 Å². The number of rotatable bonds is 7. The van der Waals surface area contributed by atoms with Gasteiger partial charge in [0.1, 0.15) is 0 Å². The van der Waals surface area contributed by atoms with Crippen molar-refractivity contribution < 1.29 is 22.8 Å². The van der Waals surface area contributed by atoms with Crippen molar-refractivity contribution in [2.45, 2.75) is 44.4 Å². The van der Waals surface area contributed by atoms with Gasteiger partial charge in [0, 0.05) is 31.3 Å². The van der Waals surface area contributed by atoms with Crippen molar-refractivity contribution in [3.05, 3.63) is 54.1 Å². The highest BCUT2D eigenvalue weighted by molar-refractivity contribution is 7.90. The predicted molar refractivity (Wildman–Crippen MR) is 122 cm³/mol. The van der Waals surface area contributed by atoms with Crippen LogP contribution in [-0.4, -0.2) is 32.7 Å². The Morgan fingerprint density at radius 3 is 2.41 bits per heavy atom. The fourth-order valence-electron chi connectivity index (χ4n) is 3.70. The third kappa shape index (κ3) is 5.16. The average Bonchev–Trinajstić information content (AvgIpc) is 3.14. The minimum atomic E-state index is -3.94. The molecular formula is C23H27N3O5S. The van der Waals surface area contributed by atoms with Crippen LogP contribution in [0.1, 0.15) is 45.1 Å². The number of carbonyl (C=O) groups excluding carboxylic acids is 3. The molecule has 0 aromatic heterocycles. The topological polar surface area (TPSA) is 113 Å². The highest BCUT2D eigenvalue weighted by Gasteiger charge is 2.36. The maximum Gasteiger partial charge on any atom is 0.264 e. The molecule has 32 heavy (non-hydrogen) atoms. The molecule has 2 N–H and O–H groups in total. The van der Waals surface area contributed by atoms with E-state index >= 15 is 0 Å². The van der Waals surface area contributed by atoms with Gasteiger partial charge >= 0.3 is 0 Å². The number of anilines is 2. The first-order chi connectivity index (χ1) is 15.1. The molecule has 9 heteroatoms. The molecule has 1 fully saturated rings. The van der Waals surface area contributed by atoms with Gasteiger partial charge in [-0.1, -0.05) is 32.0 Å². The molecule has 2 aromatic rings. The van der Waals surface area contributed by atoms with Crippen LogP contribution in [0, 0.1) is 5.92 Å². The number of amides is 3. The summed E-state index contributed by atoms with van der Waals surface area (Å²) >= 11 is 0. The Morgan fingerprint density at radius 1 is 1.12 bits per heavy atom. The van der Waals surface area contributed by atoms with E-state index < -0.39 is 21.8 Å². The van der Waals surface area contributed by atoms with E-state index in [0.717, 1.165) is 24.6 Å². The molecule has 0 bridgehead atoms. The number of para-hydroxylation sites is 1. The second kappa shape index (κ2) is 9.52. The number of benzene rings is 2. The summed E-state index contributed by atoms with van der Waals surface area (Å²) in [5.74, 6) is -1.32. The fourth-order valence-corrected chi connectivity index (χ4v) is 4.69. The Hall–Kier alpha value is -3.20. The van der Waals surface area contributed by atoms with Crippen molar-refractivity contribution in [1.29, 1.82) is 0 Å². The zero-order valence-corrected chi connectivity index (χ0v) is 19.1. The number of nitrogens with zero attached hydrogens (tertiary/aromatic N) is 1. The molecule has 1 heterocycles. The summed E-state index contributed by atoms with van der Waals surface area (Å²) in [4.78, 5) is 38.1. The van der Waals surface area contributed by atoms with Gasteiger partial charge in [-0.3, -0.25) is 14.4 Å². The SMILES string of the molecule is CCC(C)c1ccccc1N1CC(C(=O)Nc2ccc(S(=O)(=O)NC(C)=O)cc2)CC1=O. The van der Waals surface area contributed by atoms with Crippen LogP contribution in [0.5, 0.6) is 0 Å². The van der Waals surface area contributed by atoms with Gasteiger partial charge in [0.25, 0.3) is 10.0 Å². The van der Waals surface area contributed by atoms with Crippen LogP contribution in [0.25, 0.3) is 0 Å². The van der Waals surface area contributed by atoms with E-state index in [1.54, 1.807) is 4.90 Å². The molecule has 0 spiro atoms. The van der Waals surface area contributed by atoms with Gasteiger partial charge in [-0.2, -0.15) is 0 Å². The molecule has 1 saturated heterocycles. The normalized spacial score (nSPS) is 17.2. The van der Waals surface area contributed by atoms with Crippen LogP contribution < -0.4 is 14.9 Å². The zero-order valence-electron chi connectivity index (χ0n) is 18.3. The van der Waals surface area contributed by atoms with Crippen LogP contribution >= 0.6 is 0 Å². The molecule has 0 radical (unpaired) electrons. The van der Waals surface area contributed by atoms with Crippen molar-refractivity contribution in [1.82, 2.24) is 4.72 Å². The maximum atomic E-state index is 12.8. The first-order valence-corrected chi connectivity index (χ1v) is 11.9. The molecule has 2 atom stereocenters. The number of sulfonamides is 1. The van der Waals surface area contributed by atoms with Gasteiger partial charge in [0.2, 0.25) is 17.7 Å². The van der Waals surface area contributed by atoms with Crippen LogP contribution in [0.3, 0.4) is 0 Å². The number of hydrogen-bond acceptors (Lipinski definition) is 5. The third-order valence-corrected chi connectivity index (χ3v) is 7.03. The number of carbonyl (C=O) groups is 3. The van der Waals surface area contributed by atoms with Gasteiger partial charge in [-0.05, 0) is 48.2 Å². The summed E-state index contributed by atoms with van der Waals surface area (Å²) < 4.78 is 25.9. The predicted octanol–water partition coefficient (Wildman–Crippen LogP) is 3.02. The van der Waals surface area contributed by atoms with Crippen molar-refractivity contribution in [2.75, 3.05) is 16.8 Å². The third-order valence-electron chi connectivity index (χ3n) is 5.58. The van der Waals surface area contributed by atoms with Gasteiger partial charge in [0.15, 0.2) is 0 Å².